The molecule has 1 aliphatic heterocycles. The van der Waals surface area contributed by atoms with Crippen LogP contribution in [0.15, 0.2) is 0 Å². The summed E-state index contributed by atoms with van der Waals surface area (Å²) >= 11 is 0. The molecule has 1 aliphatic rings. The number of hydrogen-bond donors (Lipinski definition) is 2. The van der Waals surface area contributed by atoms with Crippen molar-refractivity contribution in [1.82, 2.24) is 15.5 Å². The lowest BCUT2D eigenvalue weighted by Crippen LogP contribution is -2.51. The van der Waals surface area contributed by atoms with Gasteiger partial charge in [-0.15, -0.1) is 6.42 Å². The lowest BCUT2D eigenvalue weighted by molar-refractivity contribution is -0.123. The average Bonchev–Trinajstić information content (AvgIpc) is 2.31. The van der Waals surface area contributed by atoms with E-state index in [0.717, 1.165) is 32.5 Å². The van der Waals surface area contributed by atoms with E-state index in [-0.39, 0.29) is 18.0 Å². The van der Waals surface area contributed by atoms with Gasteiger partial charge in [0, 0.05) is 25.2 Å². The standard InChI is InChI=1S/C14H25N3O/c1-5-8-17-9-6-13(7-10-17)16-12(4)14(18)15-11(2)3/h1,11-13,16H,6-10H2,2-4H3,(H,15,18). The number of carbonyl (C=O) groups excluding carboxylic acids is 1. The Morgan fingerprint density at radius 1 is 1.39 bits per heavy atom. The Morgan fingerprint density at radius 3 is 2.50 bits per heavy atom. The van der Waals surface area contributed by atoms with Crippen LogP contribution in [0.1, 0.15) is 33.6 Å². The summed E-state index contributed by atoms with van der Waals surface area (Å²) in [5.41, 5.74) is 0. The second-order valence-electron chi connectivity index (χ2n) is 5.31. The molecule has 18 heavy (non-hydrogen) atoms. The first-order chi connectivity index (χ1) is 8.52. The van der Waals surface area contributed by atoms with E-state index in [4.69, 9.17) is 6.42 Å². The molecule has 0 aromatic heterocycles. The molecule has 1 rings (SSSR count). The van der Waals surface area contributed by atoms with Crippen molar-refractivity contribution >= 4 is 5.91 Å². The number of hydrogen-bond acceptors (Lipinski definition) is 3. The Kier molecular flexibility index (Phi) is 6.17. The molecule has 4 nitrogen and oxygen atoms in total. The number of carbonyl (C=O) groups is 1. The molecule has 0 spiro atoms. The number of terminal acetylenes is 1. The van der Waals surface area contributed by atoms with Gasteiger partial charge in [0.05, 0.1) is 12.6 Å². The molecule has 0 aromatic rings. The summed E-state index contributed by atoms with van der Waals surface area (Å²) in [6, 6.07) is 0.489. The van der Waals surface area contributed by atoms with Gasteiger partial charge in [0.2, 0.25) is 5.91 Å². The zero-order chi connectivity index (χ0) is 13.5. The molecule has 0 bridgehead atoms. The van der Waals surface area contributed by atoms with Gasteiger partial charge < -0.3 is 10.6 Å². The molecule has 1 fully saturated rings. The minimum Gasteiger partial charge on any atom is -0.353 e. The van der Waals surface area contributed by atoms with E-state index in [9.17, 15) is 4.79 Å². The lowest BCUT2D eigenvalue weighted by atomic mass is 10.0. The van der Waals surface area contributed by atoms with Crippen LogP contribution >= 0.6 is 0 Å². The average molecular weight is 251 g/mol. The van der Waals surface area contributed by atoms with Crippen LogP contribution in [0.5, 0.6) is 0 Å². The van der Waals surface area contributed by atoms with Gasteiger partial charge in [-0.2, -0.15) is 0 Å². The minimum absolute atomic E-state index is 0.0797. The van der Waals surface area contributed by atoms with Gasteiger partial charge in [0.1, 0.15) is 0 Å². The fraction of sp³-hybridized carbons (Fsp3) is 0.786. The van der Waals surface area contributed by atoms with E-state index >= 15 is 0 Å². The molecule has 1 unspecified atom stereocenters. The summed E-state index contributed by atoms with van der Waals surface area (Å²) in [7, 11) is 0. The molecule has 0 aromatic carbocycles. The fourth-order valence-electron chi connectivity index (χ4n) is 2.23. The summed E-state index contributed by atoms with van der Waals surface area (Å²) in [4.78, 5) is 14.1. The molecular formula is C14H25N3O. The van der Waals surface area contributed by atoms with E-state index in [1.54, 1.807) is 0 Å². The van der Waals surface area contributed by atoms with Crippen molar-refractivity contribution < 1.29 is 4.79 Å². The third-order valence-corrected chi connectivity index (χ3v) is 3.21. The minimum atomic E-state index is -0.128. The molecule has 0 aliphatic carbocycles. The predicted molar refractivity (Wildman–Crippen MR) is 74.2 cm³/mol. The van der Waals surface area contributed by atoms with Crippen LogP contribution in [0, 0.1) is 12.3 Å². The molecule has 1 atom stereocenters. The fourth-order valence-corrected chi connectivity index (χ4v) is 2.23. The molecule has 0 radical (unpaired) electrons. The maximum atomic E-state index is 11.8. The second-order valence-corrected chi connectivity index (χ2v) is 5.31. The summed E-state index contributed by atoms with van der Waals surface area (Å²) in [5, 5.41) is 6.32. The first-order valence-electron chi connectivity index (χ1n) is 6.75. The van der Waals surface area contributed by atoms with Crippen LogP contribution in [-0.4, -0.2) is 48.6 Å². The zero-order valence-electron chi connectivity index (χ0n) is 11.7. The van der Waals surface area contributed by atoms with Crippen molar-refractivity contribution in [2.75, 3.05) is 19.6 Å². The van der Waals surface area contributed by atoms with Crippen LogP contribution in [0.2, 0.25) is 0 Å². The number of piperidine rings is 1. The molecule has 0 saturated carbocycles. The molecule has 102 valence electrons. The zero-order valence-corrected chi connectivity index (χ0v) is 11.7. The van der Waals surface area contributed by atoms with E-state index in [1.165, 1.54) is 0 Å². The van der Waals surface area contributed by atoms with Crippen LogP contribution in [-0.2, 0) is 4.79 Å². The van der Waals surface area contributed by atoms with Gasteiger partial charge in [-0.1, -0.05) is 5.92 Å². The van der Waals surface area contributed by atoms with E-state index < -0.39 is 0 Å². The van der Waals surface area contributed by atoms with Crippen molar-refractivity contribution in [3.05, 3.63) is 0 Å². The van der Waals surface area contributed by atoms with Gasteiger partial charge in [0.15, 0.2) is 0 Å². The Balaban J connectivity index is 2.28. The smallest absolute Gasteiger partial charge is 0.237 e. The Morgan fingerprint density at radius 2 is 2.00 bits per heavy atom. The third kappa shape index (κ3) is 5.07. The van der Waals surface area contributed by atoms with Crippen LogP contribution < -0.4 is 10.6 Å². The van der Waals surface area contributed by atoms with Crippen LogP contribution in [0.4, 0.5) is 0 Å². The molecule has 1 amide bonds. The normalized spacial score (nSPS) is 19.5. The number of nitrogens with zero attached hydrogens (tertiary/aromatic N) is 1. The number of likely N-dealkylation sites (tertiary alicyclic amines) is 1. The lowest BCUT2D eigenvalue weighted by Gasteiger charge is -2.32. The Bertz CT molecular complexity index is 301. The highest BCUT2D eigenvalue weighted by atomic mass is 16.2. The first-order valence-corrected chi connectivity index (χ1v) is 6.75. The maximum absolute atomic E-state index is 11.8. The summed E-state index contributed by atoms with van der Waals surface area (Å²) in [6.45, 7) is 8.63. The van der Waals surface area contributed by atoms with Crippen molar-refractivity contribution in [2.45, 2.75) is 51.7 Å². The highest BCUT2D eigenvalue weighted by Gasteiger charge is 2.22. The van der Waals surface area contributed by atoms with Gasteiger partial charge in [-0.05, 0) is 33.6 Å². The first kappa shape index (κ1) is 15.0. The van der Waals surface area contributed by atoms with Crippen LogP contribution in [0.25, 0.3) is 0 Å². The van der Waals surface area contributed by atoms with Crippen LogP contribution in [0.3, 0.4) is 0 Å². The Labute approximate surface area is 110 Å². The van der Waals surface area contributed by atoms with Crippen molar-refractivity contribution in [3.63, 3.8) is 0 Å². The van der Waals surface area contributed by atoms with Gasteiger partial charge in [0.25, 0.3) is 0 Å². The number of amides is 1. The topological polar surface area (TPSA) is 44.4 Å². The molecule has 2 N–H and O–H groups in total. The monoisotopic (exact) mass is 251 g/mol. The van der Waals surface area contributed by atoms with Crippen molar-refractivity contribution in [2.24, 2.45) is 0 Å². The van der Waals surface area contributed by atoms with E-state index in [1.807, 2.05) is 20.8 Å². The van der Waals surface area contributed by atoms with Gasteiger partial charge >= 0.3 is 0 Å². The SMILES string of the molecule is C#CCN1CCC(NC(C)C(=O)NC(C)C)CC1. The molecule has 4 heteroatoms. The number of nitrogens with one attached hydrogen (secondary N) is 2. The van der Waals surface area contributed by atoms with Gasteiger partial charge in [-0.25, -0.2) is 0 Å². The largest absolute Gasteiger partial charge is 0.353 e. The quantitative estimate of drug-likeness (QED) is 0.703. The van der Waals surface area contributed by atoms with Gasteiger partial charge in [-0.3, -0.25) is 9.69 Å². The van der Waals surface area contributed by atoms with Crippen molar-refractivity contribution in [3.8, 4) is 12.3 Å². The van der Waals surface area contributed by atoms with Crippen molar-refractivity contribution in [1.29, 1.82) is 0 Å². The maximum Gasteiger partial charge on any atom is 0.237 e. The van der Waals surface area contributed by atoms with E-state index in [0.29, 0.717) is 6.04 Å². The molecular weight excluding hydrogens is 226 g/mol. The molecule has 1 heterocycles. The highest BCUT2D eigenvalue weighted by Crippen LogP contribution is 2.10. The van der Waals surface area contributed by atoms with E-state index in [2.05, 4.69) is 21.5 Å². The summed E-state index contributed by atoms with van der Waals surface area (Å²) in [5.74, 6) is 2.75. The molecule has 1 saturated heterocycles. The third-order valence-electron chi connectivity index (χ3n) is 3.21. The highest BCUT2D eigenvalue weighted by molar-refractivity contribution is 5.81. The second kappa shape index (κ2) is 7.40. The predicted octanol–water partition coefficient (Wildman–Crippen LogP) is 0.587. The number of rotatable bonds is 5. The Hall–Kier alpha value is -1.05. The summed E-state index contributed by atoms with van der Waals surface area (Å²) in [6.07, 6.45) is 7.41. The summed E-state index contributed by atoms with van der Waals surface area (Å²) < 4.78 is 0.